The fourth-order valence-corrected chi connectivity index (χ4v) is 3.48. The van der Waals surface area contributed by atoms with Crippen LogP contribution in [0.1, 0.15) is 28.8 Å². The summed E-state index contributed by atoms with van der Waals surface area (Å²) in [6.45, 7) is 5.88. The van der Waals surface area contributed by atoms with Gasteiger partial charge in [0.2, 0.25) is 5.91 Å². The predicted molar refractivity (Wildman–Crippen MR) is 80.8 cm³/mol. The number of amides is 1. The first-order valence-electron chi connectivity index (χ1n) is 6.79. The van der Waals surface area contributed by atoms with Crippen molar-refractivity contribution < 1.29 is 4.79 Å². The van der Waals surface area contributed by atoms with Crippen LogP contribution in [0.25, 0.3) is 0 Å². The van der Waals surface area contributed by atoms with Crippen LogP contribution in [-0.4, -0.2) is 36.5 Å². The first-order chi connectivity index (χ1) is 9.51. The zero-order chi connectivity index (χ0) is 14.7. The lowest BCUT2D eigenvalue weighted by molar-refractivity contribution is -0.117. The fourth-order valence-electron chi connectivity index (χ4n) is 2.45. The topological polar surface area (TPSA) is 82.2 Å². The molecule has 2 rings (SSSR count). The minimum Gasteiger partial charge on any atom is -0.327 e. The molecule has 0 bridgehead atoms. The van der Waals surface area contributed by atoms with Crippen LogP contribution in [0.2, 0.25) is 0 Å². The third-order valence-corrected chi connectivity index (χ3v) is 4.78. The molecule has 0 spiro atoms. The molecule has 0 radical (unpaired) electrons. The van der Waals surface area contributed by atoms with Gasteiger partial charge in [0.25, 0.3) is 0 Å². The summed E-state index contributed by atoms with van der Waals surface area (Å²) >= 11 is 1.46. The molecule has 1 fully saturated rings. The van der Waals surface area contributed by atoms with Gasteiger partial charge in [0.15, 0.2) is 0 Å². The standard InChI is InChI=1S/C14H20N4OS/c1-9-10(2)20-14(12(9)6-15)17-13(19)8-18-5-3-4-11(16)7-18/h11H,3-5,7-8,16H2,1-2H3,(H,17,19)/t11-/m1/s1. The number of nitrogens with one attached hydrogen (secondary N) is 1. The molecule has 1 saturated heterocycles. The van der Waals surface area contributed by atoms with Crippen LogP contribution in [0, 0.1) is 25.2 Å². The molecule has 1 amide bonds. The van der Waals surface area contributed by atoms with Crippen molar-refractivity contribution in [2.24, 2.45) is 5.73 Å². The Morgan fingerprint density at radius 3 is 3.00 bits per heavy atom. The summed E-state index contributed by atoms with van der Waals surface area (Å²) in [4.78, 5) is 15.2. The minimum absolute atomic E-state index is 0.0724. The Bertz CT molecular complexity index is 546. The van der Waals surface area contributed by atoms with E-state index in [9.17, 15) is 4.79 Å². The van der Waals surface area contributed by atoms with Crippen LogP contribution in [0.3, 0.4) is 0 Å². The van der Waals surface area contributed by atoms with Gasteiger partial charge in [0, 0.05) is 17.5 Å². The second-order valence-corrected chi connectivity index (χ2v) is 6.51. The summed E-state index contributed by atoms with van der Waals surface area (Å²) in [5.41, 5.74) is 7.44. The molecular formula is C14H20N4OS. The second kappa shape index (κ2) is 6.35. The van der Waals surface area contributed by atoms with Gasteiger partial charge < -0.3 is 11.1 Å². The number of hydrogen-bond donors (Lipinski definition) is 2. The molecular weight excluding hydrogens is 272 g/mol. The Hall–Kier alpha value is -1.42. The maximum Gasteiger partial charge on any atom is 0.239 e. The van der Waals surface area contributed by atoms with E-state index in [-0.39, 0.29) is 11.9 Å². The van der Waals surface area contributed by atoms with Crippen LogP contribution in [-0.2, 0) is 4.79 Å². The number of aryl methyl sites for hydroxylation is 1. The van der Waals surface area contributed by atoms with Gasteiger partial charge in [-0.2, -0.15) is 5.26 Å². The average molecular weight is 292 g/mol. The summed E-state index contributed by atoms with van der Waals surface area (Å²) in [6, 6.07) is 2.33. The molecule has 5 nitrogen and oxygen atoms in total. The van der Waals surface area contributed by atoms with Crippen molar-refractivity contribution in [2.75, 3.05) is 25.0 Å². The molecule has 0 aliphatic carbocycles. The van der Waals surface area contributed by atoms with Crippen LogP contribution < -0.4 is 11.1 Å². The molecule has 3 N–H and O–H groups in total. The van der Waals surface area contributed by atoms with E-state index < -0.39 is 0 Å². The summed E-state index contributed by atoms with van der Waals surface area (Å²) in [7, 11) is 0. The number of piperidine rings is 1. The van der Waals surface area contributed by atoms with E-state index in [1.807, 2.05) is 13.8 Å². The second-order valence-electron chi connectivity index (χ2n) is 5.28. The lowest BCUT2D eigenvalue weighted by atomic mass is 10.1. The van der Waals surface area contributed by atoms with Crippen molar-refractivity contribution in [1.29, 1.82) is 5.26 Å². The maximum absolute atomic E-state index is 12.1. The highest BCUT2D eigenvalue weighted by Gasteiger charge is 2.20. The van der Waals surface area contributed by atoms with Gasteiger partial charge in [0.05, 0.1) is 12.1 Å². The van der Waals surface area contributed by atoms with Crippen molar-refractivity contribution in [1.82, 2.24) is 4.90 Å². The quantitative estimate of drug-likeness (QED) is 0.886. The van der Waals surface area contributed by atoms with Gasteiger partial charge >= 0.3 is 0 Å². The lowest BCUT2D eigenvalue weighted by Gasteiger charge is -2.29. The van der Waals surface area contributed by atoms with E-state index in [2.05, 4.69) is 16.3 Å². The third kappa shape index (κ3) is 3.37. The van der Waals surface area contributed by atoms with E-state index in [0.717, 1.165) is 36.4 Å². The maximum atomic E-state index is 12.1. The van der Waals surface area contributed by atoms with Gasteiger partial charge in [-0.3, -0.25) is 9.69 Å². The summed E-state index contributed by atoms with van der Waals surface area (Å²) in [6.07, 6.45) is 2.06. The Balaban J connectivity index is 1.98. The number of thiophene rings is 1. The zero-order valence-corrected chi connectivity index (χ0v) is 12.7. The molecule has 2 heterocycles. The zero-order valence-electron chi connectivity index (χ0n) is 11.9. The van der Waals surface area contributed by atoms with Crippen LogP contribution in [0.4, 0.5) is 5.00 Å². The van der Waals surface area contributed by atoms with Gasteiger partial charge in [-0.1, -0.05) is 0 Å². The number of hydrogen-bond acceptors (Lipinski definition) is 5. The van der Waals surface area contributed by atoms with E-state index in [4.69, 9.17) is 11.0 Å². The molecule has 1 aliphatic rings. The Labute approximate surface area is 123 Å². The highest BCUT2D eigenvalue weighted by molar-refractivity contribution is 7.16. The number of rotatable bonds is 3. The monoisotopic (exact) mass is 292 g/mol. The van der Waals surface area contributed by atoms with Crippen molar-refractivity contribution in [3.05, 3.63) is 16.0 Å². The van der Waals surface area contributed by atoms with Crippen molar-refractivity contribution >= 4 is 22.2 Å². The Morgan fingerprint density at radius 2 is 2.35 bits per heavy atom. The number of carbonyl (C=O) groups is 1. The van der Waals surface area contributed by atoms with Crippen LogP contribution >= 0.6 is 11.3 Å². The fraction of sp³-hybridized carbons (Fsp3) is 0.571. The average Bonchev–Trinajstić information content (AvgIpc) is 2.64. The Kier molecular flexibility index (Phi) is 4.76. The van der Waals surface area contributed by atoms with Crippen LogP contribution in [0.5, 0.6) is 0 Å². The molecule has 1 aromatic rings. The SMILES string of the molecule is Cc1sc(NC(=O)CN2CCC[C@@H](N)C2)c(C#N)c1C. The minimum atomic E-state index is -0.0724. The third-order valence-electron chi connectivity index (χ3n) is 3.66. The molecule has 0 unspecified atom stereocenters. The van der Waals surface area contributed by atoms with E-state index in [1.165, 1.54) is 11.3 Å². The van der Waals surface area contributed by atoms with Gasteiger partial charge in [-0.25, -0.2) is 0 Å². The largest absolute Gasteiger partial charge is 0.327 e. The van der Waals surface area contributed by atoms with Crippen molar-refractivity contribution in [3.8, 4) is 6.07 Å². The highest BCUT2D eigenvalue weighted by atomic mass is 32.1. The summed E-state index contributed by atoms with van der Waals surface area (Å²) in [5, 5.41) is 12.7. The number of nitriles is 1. The Morgan fingerprint density at radius 1 is 1.60 bits per heavy atom. The van der Waals surface area contributed by atoms with E-state index in [1.54, 1.807) is 0 Å². The van der Waals surface area contributed by atoms with Crippen molar-refractivity contribution in [2.45, 2.75) is 32.7 Å². The highest BCUT2D eigenvalue weighted by Crippen LogP contribution is 2.31. The van der Waals surface area contributed by atoms with E-state index >= 15 is 0 Å². The lowest BCUT2D eigenvalue weighted by Crippen LogP contribution is -2.45. The summed E-state index contributed by atoms with van der Waals surface area (Å²) < 4.78 is 0. The van der Waals surface area contributed by atoms with Gasteiger partial charge in [-0.05, 0) is 38.8 Å². The van der Waals surface area contributed by atoms with Crippen LogP contribution in [0.15, 0.2) is 0 Å². The smallest absolute Gasteiger partial charge is 0.239 e. The van der Waals surface area contributed by atoms with Gasteiger partial charge in [-0.15, -0.1) is 11.3 Å². The molecule has 108 valence electrons. The molecule has 1 atom stereocenters. The first-order valence-corrected chi connectivity index (χ1v) is 7.60. The predicted octanol–water partition coefficient (Wildman–Crippen LogP) is 1.60. The van der Waals surface area contributed by atoms with Crippen molar-refractivity contribution in [3.63, 3.8) is 0 Å². The molecule has 6 heteroatoms. The normalized spacial score (nSPS) is 19.6. The molecule has 1 aromatic heterocycles. The number of carbonyl (C=O) groups excluding carboxylic acids is 1. The first kappa shape index (κ1) is 15.0. The number of anilines is 1. The van der Waals surface area contributed by atoms with E-state index in [0.29, 0.717) is 17.1 Å². The molecule has 1 aliphatic heterocycles. The molecule has 0 saturated carbocycles. The summed E-state index contributed by atoms with van der Waals surface area (Å²) in [5.74, 6) is -0.0724. The molecule has 20 heavy (non-hydrogen) atoms. The molecule has 0 aromatic carbocycles. The number of nitrogens with zero attached hydrogens (tertiary/aromatic N) is 2. The number of nitrogens with two attached hydrogens (primary N) is 1. The number of likely N-dealkylation sites (tertiary alicyclic amines) is 1. The van der Waals surface area contributed by atoms with Gasteiger partial charge in [0.1, 0.15) is 11.1 Å².